The molecule has 3 aliphatic rings. The third-order valence-electron chi connectivity index (χ3n) is 9.38. The van der Waals surface area contributed by atoms with Crippen molar-refractivity contribution in [3.05, 3.63) is 29.3 Å². The van der Waals surface area contributed by atoms with Crippen LogP contribution >= 0.6 is 0 Å². The second-order valence-corrected chi connectivity index (χ2v) is 12.1. The van der Waals surface area contributed by atoms with Crippen molar-refractivity contribution in [2.45, 2.75) is 103 Å². The van der Waals surface area contributed by atoms with E-state index in [0.717, 1.165) is 38.5 Å². The average molecular weight is 464 g/mol. The van der Waals surface area contributed by atoms with Gasteiger partial charge in [-0.2, -0.15) is 13.6 Å². The van der Waals surface area contributed by atoms with Crippen LogP contribution in [-0.4, -0.2) is 19.6 Å². The Hall–Kier alpha value is -1.11. The van der Waals surface area contributed by atoms with E-state index in [-0.39, 0.29) is 16.9 Å². The van der Waals surface area contributed by atoms with Crippen molar-refractivity contribution < 1.29 is 17.7 Å². The van der Waals surface area contributed by atoms with Gasteiger partial charge in [-0.15, -0.1) is 0 Å². The van der Waals surface area contributed by atoms with Gasteiger partial charge in [-0.1, -0.05) is 52.5 Å². The van der Waals surface area contributed by atoms with Crippen molar-refractivity contribution in [2.75, 3.05) is 0 Å². The van der Waals surface area contributed by atoms with Gasteiger partial charge in [0, 0.05) is 0 Å². The Balaban J connectivity index is 1.74. The smallest absolute Gasteiger partial charge is 0.380 e. The number of unbranched alkanes of at least 4 members (excludes halogenated alkanes) is 3. The fourth-order valence-electron chi connectivity index (χ4n) is 8.10. The molecule has 4 rings (SSSR count). The first-order chi connectivity index (χ1) is 15.1. The monoisotopic (exact) mass is 463 g/mol. The van der Waals surface area contributed by atoms with Gasteiger partial charge in [-0.25, -0.2) is 0 Å². The Morgan fingerprint density at radius 3 is 2.66 bits per heavy atom. The molecule has 0 bridgehead atoms. The molecule has 3 aliphatic carbocycles. The maximum absolute atomic E-state index is 11.4. The van der Waals surface area contributed by atoms with Crippen LogP contribution in [0.1, 0.15) is 102 Å². The van der Waals surface area contributed by atoms with E-state index in [1.807, 2.05) is 6.07 Å². The number of aliphatic hydroxyl groups is 1. The van der Waals surface area contributed by atoms with Crippen molar-refractivity contribution in [2.24, 2.45) is 27.8 Å². The summed E-state index contributed by atoms with van der Waals surface area (Å²) in [6.45, 7) is 6.96. The number of hydrogen-bond donors (Lipinski definition) is 2. The summed E-state index contributed by atoms with van der Waals surface area (Å²) in [6.07, 6.45) is 12.3. The molecule has 2 fully saturated rings. The fourth-order valence-corrected chi connectivity index (χ4v) is 8.47. The normalized spacial score (nSPS) is 36.3. The van der Waals surface area contributed by atoms with Gasteiger partial charge in [0.15, 0.2) is 0 Å². The number of hydrogen-bond acceptors (Lipinski definition) is 4. The highest BCUT2D eigenvalue weighted by molar-refractivity contribution is 7.84. The molecule has 0 heterocycles. The van der Waals surface area contributed by atoms with E-state index < -0.39 is 10.3 Å². The topological polar surface area (TPSA) is 89.6 Å². The lowest BCUT2D eigenvalue weighted by molar-refractivity contribution is -0.105. The third kappa shape index (κ3) is 4.12. The minimum absolute atomic E-state index is 0.0100. The number of aliphatic hydroxyl groups excluding tert-OH is 1. The Labute approximate surface area is 194 Å². The second-order valence-electron chi connectivity index (χ2n) is 11.0. The van der Waals surface area contributed by atoms with E-state index in [2.05, 4.69) is 26.8 Å². The summed E-state index contributed by atoms with van der Waals surface area (Å²) in [7, 11) is -4.03. The van der Waals surface area contributed by atoms with Crippen LogP contribution in [0.3, 0.4) is 0 Å². The molecule has 0 radical (unpaired) electrons. The van der Waals surface area contributed by atoms with Crippen molar-refractivity contribution >= 4 is 10.3 Å². The van der Waals surface area contributed by atoms with Crippen LogP contribution < -0.4 is 9.32 Å². The number of rotatable bonds is 8. The molecule has 0 unspecified atom stereocenters. The Morgan fingerprint density at radius 1 is 1.19 bits per heavy atom. The summed E-state index contributed by atoms with van der Waals surface area (Å²) in [6, 6.07) is 5.78. The van der Waals surface area contributed by atoms with E-state index in [0.29, 0.717) is 23.5 Å². The lowest BCUT2D eigenvalue weighted by atomic mass is 9.43. The lowest BCUT2D eigenvalue weighted by Crippen LogP contribution is -2.54. The van der Waals surface area contributed by atoms with Crippen molar-refractivity contribution in [3.63, 3.8) is 0 Å². The highest BCUT2D eigenvalue weighted by atomic mass is 32.2. The summed E-state index contributed by atoms with van der Waals surface area (Å²) in [5.74, 6) is 1.86. The van der Waals surface area contributed by atoms with E-state index in [1.165, 1.54) is 43.2 Å². The Bertz CT molecular complexity index is 932. The number of nitrogens with two attached hydrogens (primary N) is 1. The van der Waals surface area contributed by atoms with E-state index in [4.69, 9.17) is 9.32 Å². The first-order valence-corrected chi connectivity index (χ1v) is 14.1. The number of fused-ring (bicyclic) bond motifs is 5. The summed E-state index contributed by atoms with van der Waals surface area (Å²) in [5.41, 5.74) is 2.80. The summed E-state index contributed by atoms with van der Waals surface area (Å²) in [5, 5.41) is 16.2. The quantitative estimate of drug-likeness (QED) is 0.501. The molecule has 0 aromatic heterocycles. The van der Waals surface area contributed by atoms with Crippen LogP contribution in [0.5, 0.6) is 5.75 Å². The van der Waals surface area contributed by atoms with Gasteiger partial charge in [0.05, 0.1) is 6.10 Å². The maximum Gasteiger partial charge on any atom is 0.380 e. The molecule has 6 heteroatoms. The molecular weight excluding hydrogens is 422 g/mol. The van der Waals surface area contributed by atoms with Gasteiger partial charge in [0.25, 0.3) is 0 Å². The highest BCUT2D eigenvalue weighted by Gasteiger charge is 2.63. The van der Waals surface area contributed by atoms with E-state index in [1.54, 1.807) is 6.07 Å². The Kier molecular flexibility index (Phi) is 6.70. The van der Waals surface area contributed by atoms with Crippen molar-refractivity contribution in [3.8, 4) is 5.75 Å². The fraction of sp³-hybridized carbons (Fsp3) is 0.769. The van der Waals surface area contributed by atoms with Crippen LogP contribution in [0.2, 0.25) is 0 Å². The molecule has 3 N–H and O–H groups in total. The molecular formula is C26H41NO4S. The SMILES string of the molecule is CCCCCC[C@H]1C[C@@]2(C)[C@@H](CC[C@@H]2O)[C@]2(CC)CCc3cc(OS(N)(=O)=O)ccc3[C@@H]12. The largest absolute Gasteiger partial charge is 0.393 e. The Morgan fingerprint density at radius 2 is 1.97 bits per heavy atom. The van der Waals surface area contributed by atoms with Gasteiger partial charge in [0.1, 0.15) is 5.75 Å². The molecule has 1 aromatic carbocycles. The summed E-state index contributed by atoms with van der Waals surface area (Å²) < 4.78 is 27.9. The molecule has 0 amide bonds. The first-order valence-electron chi connectivity index (χ1n) is 12.7. The second kappa shape index (κ2) is 8.92. The molecule has 1 aromatic rings. The zero-order valence-corrected chi connectivity index (χ0v) is 20.8. The molecule has 6 atom stereocenters. The van der Waals surface area contributed by atoms with Crippen molar-refractivity contribution in [1.82, 2.24) is 0 Å². The van der Waals surface area contributed by atoms with Gasteiger partial charge < -0.3 is 9.29 Å². The zero-order chi connectivity index (χ0) is 23.1. The molecule has 32 heavy (non-hydrogen) atoms. The molecule has 2 saturated carbocycles. The molecule has 0 saturated heterocycles. The minimum Gasteiger partial charge on any atom is -0.393 e. The maximum atomic E-state index is 11.4. The van der Waals surface area contributed by atoms with Gasteiger partial charge in [-0.05, 0) is 96.8 Å². The van der Waals surface area contributed by atoms with Crippen LogP contribution in [0, 0.1) is 22.7 Å². The highest BCUT2D eigenvalue weighted by Crippen LogP contribution is 2.70. The minimum atomic E-state index is -4.03. The van der Waals surface area contributed by atoms with Gasteiger partial charge in [0.2, 0.25) is 0 Å². The van der Waals surface area contributed by atoms with E-state index >= 15 is 0 Å². The van der Waals surface area contributed by atoms with E-state index in [9.17, 15) is 13.5 Å². The summed E-state index contributed by atoms with van der Waals surface area (Å²) >= 11 is 0. The molecule has 0 spiro atoms. The predicted molar refractivity (Wildman–Crippen MR) is 128 cm³/mol. The van der Waals surface area contributed by atoms with Gasteiger partial charge in [-0.3, -0.25) is 0 Å². The van der Waals surface area contributed by atoms with Crippen molar-refractivity contribution in [1.29, 1.82) is 0 Å². The van der Waals surface area contributed by atoms with Crippen LogP contribution in [0.4, 0.5) is 0 Å². The predicted octanol–water partition coefficient (Wildman–Crippen LogP) is 5.46. The molecule has 180 valence electrons. The van der Waals surface area contributed by atoms with Crippen LogP contribution in [-0.2, 0) is 16.7 Å². The zero-order valence-electron chi connectivity index (χ0n) is 20.0. The number of benzene rings is 1. The molecule has 5 nitrogen and oxygen atoms in total. The third-order valence-corrected chi connectivity index (χ3v) is 9.81. The van der Waals surface area contributed by atoms with Crippen LogP contribution in [0.25, 0.3) is 0 Å². The summed E-state index contributed by atoms with van der Waals surface area (Å²) in [4.78, 5) is 0. The first kappa shape index (κ1) is 24.0. The van der Waals surface area contributed by atoms with Gasteiger partial charge >= 0.3 is 10.3 Å². The standard InChI is InChI=1S/C26H41NO4S/c1-4-6-7-8-9-19-17-25(3)22(12-13-23(25)28)26(5-2)15-14-18-16-20(31-32(27,29)30)10-11-21(18)24(19)26/h10-11,16,19,22-24,28H,4-9,12-15,17H2,1-3H3,(H2,27,29,30)/t19-,22+,23-,24+,25-,26-/m0/s1. The number of aryl methyl sites for hydroxylation is 1. The molecule has 0 aliphatic heterocycles. The van der Waals surface area contributed by atoms with Crippen LogP contribution in [0.15, 0.2) is 18.2 Å². The lowest BCUT2D eigenvalue weighted by Gasteiger charge is -2.61. The average Bonchev–Trinajstić information content (AvgIpc) is 3.04.